The lowest BCUT2D eigenvalue weighted by atomic mass is 9.60. The van der Waals surface area contributed by atoms with E-state index in [0.29, 0.717) is 47.4 Å². The standard InChI is InChI=1S/C28H39NO3S/c1-18(6-4-8-25(31)27-29-14-15-33-27)23-11-12-24-20(7-5-13-28(23,24)3)9-10-21-16-22(30)17-26(32)19(21)2/h9-10,14-15,18,22-24,26,30,32H,2,4-8,11-13,16-17H2,1,3H3/b20-9+,21-10-/t18-,22-,23-,24+,26+,28-/m1/s1. The number of nitrogens with zero attached hydrogens (tertiary/aromatic N) is 1. The Balaban J connectivity index is 1.39. The lowest BCUT2D eigenvalue weighted by Crippen LogP contribution is -2.36. The largest absolute Gasteiger partial charge is 0.393 e. The molecule has 0 spiro atoms. The first-order valence-electron chi connectivity index (χ1n) is 12.7. The summed E-state index contributed by atoms with van der Waals surface area (Å²) in [5.74, 6) is 2.11. The van der Waals surface area contributed by atoms with E-state index >= 15 is 0 Å². The van der Waals surface area contributed by atoms with E-state index in [0.717, 1.165) is 30.4 Å². The number of aliphatic hydroxyl groups excluding tert-OH is 2. The molecule has 0 aliphatic heterocycles. The summed E-state index contributed by atoms with van der Waals surface area (Å²) in [5.41, 5.74) is 3.62. The van der Waals surface area contributed by atoms with Gasteiger partial charge in [-0.25, -0.2) is 4.98 Å². The predicted molar refractivity (Wildman–Crippen MR) is 134 cm³/mol. The summed E-state index contributed by atoms with van der Waals surface area (Å²) in [7, 11) is 0. The van der Waals surface area contributed by atoms with E-state index in [-0.39, 0.29) is 5.78 Å². The zero-order valence-corrected chi connectivity index (χ0v) is 20.9. The predicted octanol–water partition coefficient (Wildman–Crippen LogP) is 6.27. The van der Waals surface area contributed by atoms with Crippen molar-refractivity contribution in [3.63, 3.8) is 0 Å². The molecule has 3 saturated carbocycles. The van der Waals surface area contributed by atoms with Gasteiger partial charge in [-0.05, 0) is 85.7 Å². The molecule has 0 amide bonds. The van der Waals surface area contributed by atoms with Crippen LogP contribution in [0.25, 0.3) is 0 Å². The highest BCUT2D eigenvalue weighted by atomic mass is 32.1. The van der Waals surface area contributed by atoms with Crippen LogP contribution >= 0.6 is 11.3 Å². The van der Waals surface area contributed by atoms with Gasteiger partial charge in [-0.3, -0.25) is 4.79 Å². The summed E-state index contributed by atoms with van der Waals surface area (Å²) >= 11 is 1.44. The monoisotopic (exact) mass is 469 g/mol. The van der Waals surface area contributed by atoms with Gasteiger partial charge in [-0.15, -0.1) is 11.3 Å². The molecule has 1 aromatic heterocycles. The van der Waals surface area contributed by atoms with Crippen molar-refractivity contribution in [2.24, 2.45) is 23.2 Å². The number of hydrogen-bond donors (Lipinski definition) is 2. The highest BCUT2D eigenvalue weighted by molar-refractivity contribution is 7.11. The highest BCUT2D eigenvalue weighted by Gasteiger charge is 2.50. The summed E-state index contributed by atoms with van der Waals surface area (Å²) in [6.07, 6.45) is 14.8. The van der Waals surface area contributed by atoms with Crippen molar-refractivity contribution < 1.29 is 15.0 Å². The molecule has 180 valence electrons. The second-order valence-corrected chi connectivity index (χ2v) is 11.7. The van der Waals surface area contributed by atoms with Crippen LogP contribution in [0.1, 0.15) is 87.9 Å². The Morgan fingerprint density at radius 2 is 2.18 bits per heavy atom. The van der Waals surface area contributed by atoms with E-state index in [9.17, 15) is 15.0 Å². The number of thiazole rings is 1. The first-order valence-corrected chi connectivity index (χ1v) is 13.5. The SMILES string of the molecule is C=C1/C(=C\C=C2/CCC[C@]3(C)[C@@H]([C@H](C)CCCC(=O)c4nccs4)CC[C@@H]23)C[C@@H](O)C[C@@H]1O. The molecule has 0 radical (unpaired) electrons. The van der Waals surface area contributed by atoms with Crippen molar-refractivity contribution in [2.75, 3.05) is 0 Å². The normalized spacial score (nSPS) is 35.7. The molecule has 3 aliphatic carbocycles. The van der Waals surface area contributed by atoms with Crippen LogP contribution in [0.2, 0.25) is 0 Å². The third-order valence-corrected chi connectivity index (χ3v) is 9.54. The molecule has 3 fully saturated rings. The zero-order chi connectivity index (χ0) is 23.6. The molecule has 4 rings (SSSR count). The quantitative estimate of drug-likeness (QED) is 0.462. The van der Waals surface area contributed by atoms with Crippen molar-refractivity contribution >= 4 is 17.1 Å². The Morgan fingerprint density at radius 1 is 1.36 bits per heavy atom. The molecule has 1 aromatic rings. The molecule has 0 saturated heterocycles. The summed E-state index contributed by atoms with van der Waals surface area (Å²) in [4.78, 5) is 16.5. The maximum absolute atomic E-state index is 12.3. The molecule has 2 N–H and O–H groups in total. The Bertz CT molecular complexity index is 918. The number of aromatic nitrogens is 1. The van der Waals surface area contributed by atoms with Crippen LogP contribution in [0.4, 0.5) is 0 Å². The van der Waals surface area contributed by atoms with Crippen molar-refractivity contribution in [2.45, 2.75) is 90.3 Å². The average molecular weight is 470 g/mol. The zero-order valence-electron chi connectivity index (χ0n) is 20.1. The Kier molecular flexibility index (Phi) is 7.72. The highest BCUT2D eigenvalue weighted by Crippen LogP contribution is 2.59. The first-order chi connectivity index (χ1) is 15.8. The number of hydrogen-bond acceptors (Lipinski definition) is 5. The van der Waals surface area contributed by atoms with Gasteiger partial charge in [0.1, 0.15) is 0 Å². The van der Waals surface area contributed by atoms with Crippen molar-refractivity contribution in [1.29, 1.82) is 0 Å². The minimum atomic E-state index is -0.630. The number of aliphatic hydroxyl groups is 2. The molecule has 0 aromatic carbocycles. The van der Waals surface area contributed by atoms with Gasteiger partial charge in [0.2, 0.25) is 0 Å². The molecular formula is C28H39NO3S. The number of allylic oxidation sites excluding steroid dienone is 3. The fourth-order valence-corrected chi connectivity index (χ4v) is 7.54. The smallest absolute Gasteiger partial charge is 0.191 e. The first kappa shape index (κ1) is 24.6. The summed E-state index contributed by atoms with van der Waals surface area (Å²) in [5, 5.41) is 22.7. The van der Waals surface area contributed by atoms with Crippen LogP contribution in [0.5, 0.6) is 0 Å². The maximum atomic E-state index is 12.3. The number of carbonyl (C=O) groups is 1. The average Bonchev–Trinajstić information content (AvgIpc) is 3.43. The van der Waals surface area contributed by atoms with Gasteiger partial charge in [0, 0.05) is 24.4 Å². The van der Waals surface area contributed by atoms with E-state index < -0.39 is 12.2 Å². The third kappa shape index (κ3) is 5.26. The molecule has 33 heavy (non-hydrogen) atoms. The van der Waals surface area contributed by atoms with Gasteiger partial charge in [-0.2, -0.15) is 0 Å². The number of carbonyl (C=O) groups excluding carboxylic acids is 1. The lowest BCUT2D eigenvalue weighted by Gasteiger charge is -2.44. The second-order valence-electron chi connectivity index (χ2n) is 10.8. The van der Waals surface area contributed by atoms with Gasteiger partial charge >= 0.3 is 0 Å². The van der Waals surface area contributed by atoms with Crippen LogP contribution < -0.4 is 0 Å². The van der Waals surface area contributed by atoms with E-state index in [1.807, 2.05) is 5.38 Å². The van der Waals surface area contributed by atoms with E-state index in [1.54, 1.807) is 6.20 Å². The van der Waals surface area contributed by atoms with Crippen LogP contribution in [-0.2, 0) is 0 Å². The molecule has 6 atom stereocenters. The molecule has 3 aliphatic rings. The van der Waals surface area contributed by atoms with Crippen LogP contribution in [0.15, 0.2) is 47.0 Å². The number of ketones is 1. The third-order valence-electron chi connectivity index (χ3n) is 8.72. The number of rotatable bonds is 7. The maximum Gasteiger partial charge on any atom is 0.191 e. The fraction of sp³-hybridized carbons (Fsp3) is 0.643. The van der Waals surface area contributed by atoms with E-state index in [2.05, 4.69) is 37.6 Å². The molecular weight excluding hydrogens is 430 g/mol. The van der Waals surface area contributed by atoms with Gasteiger partial charge in [0.25, 0.3) is 0 Å². The summed E-state index contributed by atoms with van der Waals surface area (Å²) in [6, 6.07) is 0. The van der Waals surface area contributed by atoms with Crippen molar-refractivity contribution in [3.8, 4) is 0 Å². The van der Waals surface area contributed by atoms with Gasteiger partial charge in [0.15, 0.2) is 10.8 Å². The molecule has 5 heteroatoms. The van der Waals surface area contributed by atoms with E-state index in [1.165, 1.54) is 42.6 Å². The van der Waals surface area contributed by atoms with Crippen LogP contribution in [0, 0.1) is 23.2 Å². The van der Waals surface area contributed by atoms with Gasteiger partial charge in [-0.1, -0.05) is 38.2 Å². The molecule has 0 bridgehead atoms. The molecule has 0 unspecified atom stereocenters. The Morgan fingerprint density at radius 3 is 2.94 bits per heavy atom. The Hall–Kier alpha value is -1.56. The van der Waals surface area contributed by atoms with E-state index in [4.69, 9.17) is 0 Å². The van der Waals surface area contributed by atoms with Crippen molar-refractivity contribution in [3.05, 3.63) is 52.0 Å². The Labute approximate surface area is 202 Å². The molecule has 4 nitrogen and oxygen atoms in total. The second kappa shape index (κ2) is 10.4. The minimum absolute atomic E-state index is 0.183. The number of Topliss-reactive ketones (excluding diaryl/α,β-unsaturated/α-hetero) is 1. The summed E-state index contributed by atoms with van der Waals surface area (Å²) < 4.78 is 0. The van der Waals surface area contributed by atoms with Gasteiger partial charge in [0.05, 0.1) is 12.2 Å². The minimum Gasteiger partial charge on any atom is -0.393 e. The van der Waals surface area contributed by atoms with Gasteiger partial charge < -0.3 is 10.2 Å². The fourth-order valence-electron chi connectivity index (χ4n) is 6.93. The topological polar surface area (TPSA) is 70.4 Å². The van der Waals surface area contributed by atoms with Crippen LogP contribution in [-0.4, -0.2) is 33.2 Å². The lowest BCUT2D eigenvalue weighted by molar-refractivity contribution is 0.0859. The molecule has 1 heterocycles. The summed E-state index contributed by atoms with van der Waals surface area (Å²) in [6.45, 7) is 8.95. The van der Waals surface area contributed by atoms with Crippen LogP contribution in [0.3, 0.4) is 0 Å². The number of fused-ring (bicyclic) bond motifs is 1. The van der Waals surface area contributed by atoms with Crippen molar-refractivity contribution in [1.82, 2.24) is 4.98 Å².